The number of carbonyl (C=O) groups is 1. The molecule has 0 radical (unpaired) electrons. The second-order valence-electron chi connectivity index (χ2n) is 6.97. The average Bonchev–Trinajstić information content (AvgIpc) is 3.21. The molecule has 2 aromatic rings. The van der Waals surface area contributed by atoms with E-state index in [1.54, 1.807) is 11.3 Å². The van der Waals surface area contributed by atoms with Gasteiger partial charge in [-0.05, 0) is 41.4 Å². The quantitative estimate of drug-likeness (QED) is 0.855. The molecule has 0 unspecified atom stereocenters. The van der Waals surface area contributed by atoms with Crippen molar-refractivity contribution in [1.29, 1.82) is 0 Å². The average molecular weight is 388 g/mol. The molecule has 144 valence electrons. The first-order valence-corrected chi connectivity index (χ1v) is 10.3. The van der Waals surface area contributed by atoms with Gasteiger partial charge in [-0.25, -0.2) is 0 Å². The Kier molecular flexibility index (Phi) is 5.61. The second kappa shape index (κ2) is 8.29. The van der Waals surface area contributed by atoms with Crippen LogP contribution in [0.5, 0.6) is 11.5 Å². The summed E-state index contributed by atoms with van der Waals surface area (Å²) in [7, 11) is 0. The van der Waals surface area contributed by atoms with Crippen LogP contribution in [0.3, 0.4) is 0 Å². The maximum absolute atomic E-state index is 12.7. The van der Waals surface area contributed by atoms with Crippen molar-refractivity contribution < 1.29 is 14.3 Å². The smallest absolute Gasteiger partial charge is 0.241 e. The third-order valence-electron chi connectivity index (χ3n) is 5.13. The van der Waals surface area contributed by atoms with Gasteiger partial charge in [0.25, 0.3) is 0 Å². The minimum absolute atomic E-state index is 0.0120. The molecular weight excluding hydrogens is 362 g/mol. The van der Waals surface area contributed by atoms with Crippen LogP contribution < -0.4 is 14.8 Å². The topological polar surface area (TPSA) is 54.0 Å². The highest BCUT2D eigenvalue weighted by Gasteiger charge is 2.26. The van der Waals surface area contributed by atoms with Crippen LogP contribution >= 0.6 is 11.3 Å². The fourth-order valence-corrected chi connectivity index (χ4v) is 4.14. The van der Waals surface area contributed by atoms with E-state index in [9.17, 15) is 4.79 Å². The van der Waals surface area contributed by atoms with E-state index in [2.05, 4.69) is 31.9 Å². The van der Waals surface area contributed by atoms with E-state index < -0.39 is 0 Å². The first-order valence-electron chi connectivity index (χ1n) is 9.37. The Morgan fingerprint density at radius 2 is 1.93 bits per heavy atom. The van der Waals surface area contributed by atoms with Crippen LogP contribution in [0, 0.1) is 0 Å². The Bertz CT molecular complexity index is 773. The molecule has 0 spiro atoms. The molecule has 0 aliphatic carbocycles. The molecule has 1 aromatic carbocycles. The van der Waals surface area contributed by atoms with E-state index >= 15 is 0 Å². The van der Waals surface area contributed by atoms with Crippen molar-refractivity contribution in [1.82, 2.24) is 9.80 Å². The van der Waals surface area contributed by atoms with Gasteiger partial charge in [0.15, 0.2) is 11.5 Å². The summed E-state index contributed by atoms with van der Waals surface area (Å²) in [4.78, 5) is 17.4. The highest BCUT2D eigenvalue weighted by molar-refractivity contribution is 7.07. The molecule has 1 aromatic heterocycles. The van der Waals surface area contributed by atoms with Crippen molar-refractivity contribution in [2.75, 3.05) is 44.7 Å². The van der Waals surface area contributed by atoms with Gasteiger partial charge in [-0.1, -0.05) is 0 Å². The molecule has 3 heterocycles. The highest BCUT2D eigenvalue weighted by atomic mass is 32.1. The number of amides is 1. The normalized spacial score (nSPS) is 18.9. The fourth-order valence-electron chi connectivity index (χ4n) is 3.48. The van der Waals surface area contributed by atoms with E-state index in [0.29, 0.717) is 19.0 Å². The van der Waals surface area contributed by atoms with Gasteiger partial charge in [0.1, 0.15) is 13.2 Å². The van der Waals surface area contributed by atoms with Crippen LogP contribution in [0.2, 0.25) is 0 Å². The summed E-state index contributed by atoms with van der Waals surface area (Å²) >= 11 is 1.74. The van der Waals surface area contributed by atoms with Crippen LogP contribution in [0.15, 0.2) is 35.0 Å². The lowest BCUT2D eigenvalue weighted by atomic mass is 10.2. The van der Waals surface area contributed by atoms with Gasteiger partial charge in [0, 0.05) is 44.5 Å². The fraction of sp³-hybridized carbons (Fsp3) is 0.450. The van der Waals surface area contributed by atoms with Crippen molar-refractivity contribution in [3.05, 3.63) is 40.6 Å². The number of thiophene rings is 1. The van der Waals surface area contributed by atoms with Gasteiger partial charge < -0.3 is 14.8 Å². The number of hydrogen-bond donors (Lipinski definition) is 1. The lowest BCUT2D eigenvalue weighted by Gasteiger charge is -2.37. The molecule has 7 heteroatoms. The van der Waals surface area contributed by atoms with Crippen LogP contribution in [0.25, 0.3) is 0 Å². The van der Waals surface area contributed by atoms with Crippen LogP contribution in [0.4, 0.5) is 5.69 Å². The Hall–Kier alpha value is -2.09. The SMILES string of the molecule is C[C@@H](C(=O)Nc1ccc2c(c1)OCCO2)N1CCN(Cc2ccsc2)CC1. The molecular formula is C20H25N3O3S. The monoisotopic (exact) mass is 387 g/mol. The molecule has 0 saturated carbocycles. The zero-order chi connectivity index (χ0) is 18.6. The van der Waals surface area contributed by atoms with E-state index in [1.807, 2.05) is 25.1 Å². The lowest BCUT2D eigenvalue weighted by Crippen LogP contribution is -2.52. The number of hydrogen-bond acceptors (Lipinski definition) is 6. The summed E-state index contributed by atoms with van der Waals surface area (Å²) in [5.41, 5.74) is 2.12. The molecule has 4 rings (SSSR count). The minimum Gasteiger partial charge on any atom is -0.486 e. The number of nitrogens with zero attached hydrogens (tertiary/aromatic N) is 2. The minimum atomic E-state index is -0.165. The zero-order valence-electron chi connectivity index (χ0n) is 15.5. The van der Waals surface area contributed by atoms with Crippen molar-refractivity contribution in [3.63, 3.8) is 0 Å². The maximum atomic E-state index is 12.7. The lowest BCUT2D eigenvalue weighted by molar-refractivity contribution is -0.121. The summed E-state index contributed by atoms with van der Waals surface area (Å²) in [6.07, 6.45) is 0. The Morgan fingerprint density at radius 1 is 1.15 bits per heavy atom. The van der Waals surface area contributed by atoms with Gasteiger partial charge >= 0.3 is 0 Å². The van der Waals surface area contributed by atoms with E-state index in [-0.39, 0.29) is 11.9 Å². The van der Waals surface area contributed by atoms with E-state index in [0.717, 1.165) is 44.2 Å². The van der Waals surface area contributed by atoms with E-state index in [1.165, 1.54) is 5.56 Å². The summed E-state index contributed by atoms with van der Waals surface area (Å²) in [5.74, 6) is 1.43. The summed E-state index contributed by atoms with van der Waals surface area (Å²) < 4.78 is 11.1. The number of carbonyl (C=O) groups excluding carboxylic acids is 1. The first-order chi connectivity index (χ1) is 13.2. The number of fused-ring (bicyclic) bond motifs is 1. The summed E-state index contributed by atoms with van der Waals surface area (Å²) in [6, 6.07) is 7.55. The predicted octanol–water partition coefficient (Wildman–Crippen LogP) is 2.66. The molecule has 27 heavy (non-hydrogen) atoms. The molecule has 0 bridgehead atoms. The molecule has 2 aliphatic heterocycles. The van der Waals surface area contributed by atoms with Crippen LogP contribution in [-0.4, -0.2) is 61.1 Å². The molecule has 1 saturated heterocycles. The first kappa shape index (κ1) is 18.3. The van der Waals surface area contributed by atoms with Crippen molar-refractivity contribution in [3.8, 4) is 11.5 Å². The van der Waals surface area contributed by atoms with Crippen LogP contribution in [0.1, 0.15) is 12.5 Å². The summed E-state index contributed by atoms with van der Waals surface area (Å²) in [5, 5.41) is 7.33. The van der Waals surface area contributed by atoms with Gasteiger partial charge in [-0.2, -0.15) is 11.3 Å². The molecule has 1 atom stereocenters. The highest BCUT2D eigenvalue weighted by Crippen LogP contribution is 2.32. The van der Waals surface area contributed by atoms with Gasteiger partial charge in [-0.15, -0.1) is 0 Å². The van der Waals surface area contributed by atoms with E-state index in [4.69, 9.17) is 9.47 Å². The predicted molar refractivity (Wildman–Crippen MR) is 107 cm³/mol. The number of ether oxygens (including phenoxy) is 2. The van der Waals surface area contributed by atoms with Gasteiger partial charge in [-0.3, -0.25) is 14.6 Å². The number of nitrogens with one attached hydrogen (secondary N) is 1. The summed E-state index contributed by atoms with van der Waals surface area (Å²) in [6.45, 7) is 7.84. The van der Waals surface area contributed by atoms with Gasteiger partial charge in [0.2, 0.25) is 5.91 Å². The number of piperazine rings is 1. The Labute approximate surface area is 163 Å². The zero-order valence-corrected chi connectivity index (χ0v) is 16.3. The third-order valence-corrected chi connectivity index (χ3v) is 5.86. The molecule has 1 amide bonds. The molecule has 1 N–H and O–H groups in total. The number of benzene rings is 1. The largest absolute Gasteiger partial charge is 0.486 e. The Morgan fingerprint density at radius 3 is 2.67 bits per heavy atom. The van der Waals surface area contributed by atoms with Gasteiger partial charge in [0.05, 0.1) is 6.04 Å². The van der Waals surface area contributed by atoms with Crippen molar-refractivity contribution in [2.45, 2.75) is 19.5 Å². The number of rotatable bonds is 5. The molecule has 1 fully saturated rings. The second-order valence-corrected chi connectivity index (χ2v) is 7.75. The molecule has 2 aliphatic rings. The van der Waals surface area contributed by atoms with Crippen molar-refractivity contribution in [2.24, 2.45) is 0 Å². The molecule has 6 nitrogen and oxygen atoms in total. The number of anilines is 1. The maximum Gasteiger partial charge on any atom is 0.241 e. The van der Waals surface area contributed by atoms with Crippen LogP contribution in [-0.2, 0) is 11.3 Å². The van der Waals surface area contributed by atoms with Crippen molar-refractivity contribution >= 4 is 22.9 Å². The third kappa shape index (κ3) is 4.43. The standard InChI is InChI=1S/C20H25N3O3S/c1-15(23-7-5-22(6-8-23)13-16-4-11-27-14-16)20(24)21-17-2-3-18-19(12-17)26-10-9-25-18/h2-4,11-12,14-15H,5-10,13H2,1H3,(H,21,24)/t15-/m0/s1. The Balaban J connectivity index is 1.29.